The number of likely N-dealkylation sites (tertiary alicyclic amines) is 2. The number of Topliss-reactive ketones (excluding diaryl/α,β-unsaturated/α-hetero) is 1. The number of aliphatic hydroxyl groups excluding tert-OH is 1. The van der Waals surface area contributed by atoms with Crippen LogP contribution in [0.3, 0.4) is 0 Å². The van der Waals surface area contributed by atoms with E-state index in [1.165, 1.54) is 0 Å². The van der Waals surface area contributed by atoms with Crippen molar-refractivity contribution in [3.05, 3.63) is 35.1 Å². The van der Waals surface area contributed by atoms with Crippen molar-refractivity contribution in [1.29, 1.82) is 0 Å². The Kier molecular flexibility index (Phi) is 5.95. The van der Waals surface area contributed by atoms with E-state index in [0.29, 0.717) is 45.1 Å². The fourth-order valence-electron chi connectivity index (χ4n) is 4.66. The molecule has 31 heavy (non-hydrogen) atoms. The molecule has 0 bridgehead atoms. The molecule has 2 heterocycles. The highest BCUT2D eigenvalue weighted by atomic mass is 19.4. The maximum absolute atomic E-state index is 13.9. The Bertz CT molecular complexity index is 856. The van der Waals surface area contributed by atoms with Crippen molar-refractivity contribution in [3.63, 3.8) is 0 Å². The number of ether oxygens (including phenoxy) is 1. The van der Waals surface area contributed by atoms with Gasteiger partial charge in [-0.05, 0) is 30.4 Å². The molecule has 3 fully saturated rings. The van der Waals surface area contributed by atoms with E-state index in [-0.39, 0.29) is 48.3 Å². The predicted molar refractivity (Wildman–Crippen MR) is 100 cm³/mol. The van der Waals surface area contributed by atoms with Crippen LogP contribution in [-0.2, 0) is 22.3 Å². The summed E-state index contributed by atoms with van der Waals surface area (Å²) in [5, 5.41) is 10.1. The topological polar surface area (TPSA) is 70.1 Å². The largest absolute Gasteiger partial charge is 0.416 e. The number of hydrogen-bond acceptors (Lipinski definition) is 4. The number of rotatable bonds is 3. The molecule has 4 rings (SSSR count). The first-order valence-corrected chi connectivity index (χ1v) is 10.3. The molecule has 1 aromatic rings. The lowest BCUT2D eigenvalue weighted by molar-refractivity contribution is -0.137. The fraction of sp³-hybridized carbons (Fsp3) is 0.619. The molecule has 170 valence electrons. The summed E-state index contributed by atoms with van der Waals surface area (Å²) in [6.07, 6.45) is -4.31. The molecule has 2 amide bonds. The standard InChI is InChI=1S/C21H24F4N2O4/c22-18-6-14(21(23,24)25)2-1-12(18)11-31-16-9-27(10-16)20(30)26-4-3-17-13(8-26)5-15(28)7-19(17)29/h1-2,6,13,16-17,19,29H,3-5,7-11H2/t13-,17+,19?/m1/s1. The summed E-state index contributed by atoms with van der Waals surface area (Å²) < 4.78 is 57.3. The zero-order valence-electron chi connectivity index (χ0n) is 16.8. The first-order valence-electron chi connectivity index (χ1n) is 10.3. The van der Waals surface area contributed by atoms with Crippen molar-refractivity contribution < 1.29 is 37.0 Å². The highest BCUT2D eigenvalue weighted by Gasteiger charge is 2.43. The Morgan fingerprint density at radius 2 is 1.90 bits per heavy atom. The molecule has 0 aromatic heterocycles. The Labute approximate surface area is 176 Å². The number of aliphatic hydroxyl groups is 1. The summed E-state index contributed by atoms with van der Waals surface area (Å²) in [5.74, 6) is -0.928. The summed E-state index contributed by atoms with van der Waals surface area (Å²) in [5.41, 5.74) is -1.02. The zero-order chi connectivity index (χ0) is 22.3. The lowest BCUT2D eigenvalue weighted by atomic mass is 9.73. The Morgan fingerprint density at radius 1 is 1.16 bits per heavy atom. The lowest BCUT2D eigenvalue weighted by Crippen LogP contribution is -2.61. The van der Waals surface area contributed by atoms with E-state index in [4.69, 9.17) is 4.74 Å². The summed E-state index contributed by atoms with van der Waals surface area (Å²) in [6, 6.07) is 2.16. The van der Waals surface area contributed by atoms with Gasteiger partial charge in [-0.2, -0.15) is 13.2 Å². The second kappa shape index (κ2) is 8.38. The van der Waals surface area contributed by atoms with Crippen LogP contribution in [-0.4, -0.2) is 65.1 Å². The maximum atomic E-state index is 13.9. The van der Waals surface area contributed by atoms with Gasteiger partial charge < -0.3 is 19.6 Å². The molecule has 3 atom stereocenters. The van der Waals surface area contributed by atoms with Crippen molar-refractivity contribution in [1.82, 2.24) is 9.80 Å². The molecule has 1 saturated carbocycles. The average molecular weight is 444 g/mol. The molecule has 1 aliphatic carbocycles. The number of halogens is 4. The van der Waals surface area contributed by atoms with Crippen LogP contribution in [0.2, 0.25) is 0 Å². The highest BCUT2D eigenvalue weighted by molar-refractivity contribution is 5.80. The number of carbonyl (C=O) groups is 2. The normalized spacial score (nSPS) is 27.1. The number of carbonyl (C=O) groups excluding carboxylic acids is 2. The molecule has 3 aliphatic rings. The molecule has 10 heteroatoms. The minimum atomic E-state index is -4.60. The quantitative estimate of drug-likeness (QED) is 0.728. The van der Waals surface area contributed by atoms with E-state index in [2.05, 4.69) is 0 Å². The number of ketones is 1. The van der Waals surface area contributed by atoms with Crippen molar-refractivity contribution >= 4 is 11.8 Å². The molecular formula is C21H24F4N2O4. The monoisotopic (exact) mass is 444 g/mol. The van der Waals surface area contributed by atoms with E-state index in [0.717, 1.165) is 12.1 Å². The van der Waals surface area contributed by atoms with Crippen LogP contribution in [0.25, 0.3) is 0 Å². The van der Waals surface area contributed by atoms with Crippen molar-refractivity contribution in [2.45, 2.75) is 44.3 Å². The molecule has 2 aliphatic heterocycles. The Morgan fingerprint density at radius 3 is 2.58 bits per heavy atom. The van der Waals surface area contributed by atoms with Crippen molar-refractivity contribution in [2.75, 3.05) is 26.2 Å². The maximum Gasteiger partial charge on any atom is 0.416 e. The molecule has 6 nitrogen and oxygen atoms in total. The average Bonchev–Trinajstić information content (AvgIpc) is 2.66. The van der Waals surface area contributed by atoms with Gasteiger partial charge in [0.2, 0.25) is 0 Å². The molecule has 1 unspecified atom stereocenters. The summed E-state index contributed by atoms with van der Waals surface area (Å²) in [7, 11) is 0. The minimum absolute atomic E-state index is 0.0232. The van der Waals surface area contributed by atoms with E-state index in [1.807, 2.05) is 0 Å². The second-order valence-electron chi connectivity index (χ2n) is 8.60. The third kappa shape index (κ3) is 4.69. The van der Waals surface area contributed by atoms with Gasteiger partial charge in [-0.3, -0.25) is 4.79 Å². The Balaban J connectivity index is 1.24. The number of hydrogen-bond donors (Lipinski definition) is 1. The SMILES string of the molecule is O=C1CC(O)[C@H]2CCN(C(=O)N3CC(OCc4ccc(C(F)(F)F)cc4F)C3)C[C@H]2C1. The number of alkyl halides is 3. The Hall–Kier alpha value is -2.20. The van der Waals surface area contributed by atoms with E-state index >= 15 is 0 Å². The van der Waals surface area contributed by atoms with Gasteiger partial charge in [-0.15, -0.1) is 0 Å². The molecule has 2 saturated heterocycles. The van der Waals surface area contributed by atoms with Crippen LogP contribution >= 0.6 is 0 Å². The van der Waals surface area contributed by atoms with Crippen molar-refractivity contribution in [2.24, 2.45) is 11.8 Å². The van der Waals surface area contributed by atoms with Gasteiger partial charge in [0.15, 0.2) is 0 Å². The number of benzene rings is 1. The fourth-order valence-corrected chi connectivity index (χ4v) is 4.66. The second-order valence-corrected chi connectivity index (χ2v) is 8.60. The third-order valence-electron chi connectivity index (χ3n) is 6.46. The van der Waals surface area contributed by atoms with Gasteiger partial charge in [-0.25, -0.2) is 9.18 Å². The number of urea groups is 1. The van der Waals surface area contributed by atoms with Gasteiger partial charge in [0.05, 0.1) is 37.5 Å². The van der Waals surface area contributed by atoms with Crippen LogP contribution in [0.1, 0.15) is 30.4 Å². The van der Waals surface area contributed by atoms with E-state index in [1.54, 1.807) is 9.80 Å². The van der Waals surface area contributed by atoms with E-state index < -0.39 is 23.7 Å². The highest BCUT2D eigenvalue weighted by Crippen LogP contribution is 2.36. The molecule has 0 radical (unpaired) electrons. The van der Waals surface area contributed by atoms with E-state index in [9.17, 15) is 32.3 Å². The number of fused-ring (bicyclic) bond motifs is 1. The number of amides is 2. The van der Waals surface area contributed by atoms with Gasteiger partial charge >= 0.3 is 12.2 Å². The molecular weight excluding hydrogens is 420 g/mol. The van der Waals surface area contributed by atoms with Crippen LogP contribution in [0.15, 0.2) is 18.2 Å². The number of nitrogens with zero attached hydrogens (tertiary/aromatic N) is 2. The van der Waals surface area contributed by atoms with Crippen LogP contribution in [0.5, 0.6) is 0 Å². The lowest BCUT2D eigenvalue weighted by Gasteiger charge is -2.46. The first-order chi connectivity index (χ1) is 14.6. The predicted octanol–water partition coefficient (Wildman–Crippen LogP) is 2.83. The molecule has 1 aromatic carbocycles. The van der Waals surface area contributed by atoms with Crippen LogP contribution < -0.4 is 0 Å². The zero-order valence-corrected chi connectivity index (χ0v) is 16.8. The molecule has 1 N–H and O–H groups in total. The van der Waals surface area contributed by atoms with Gasteiger partial charge in [-0.1, -0.05) is 6.07 Å². The summed E-state index contributed by atoms with van der Waals surface area (Å²) in [4.78, 5) is 27.7. The van der Waals surface area contributed by atoms with Crippen molar-refractivity contribution in [3.8, 4) is 0 Å². The third-order valence-corrected chi connectivity index (χ3v) is 6.46. The summed E-state index contributed by atoms with van der Waals surface area (Å²) in [6.45, 7) is 1.40. The van der Waals surface area contributed by atoms with Gasteiger partial charge in [0.25, 0.3) is 0 Å². The summed E-state index contributed by atoms with van der Waals surface area (Å²) >= 11 is 0. The van der Waals surface area contributed by atoms with Gasteiger partial charge in [0, 0.05) is 31.5 Å². The van der Waals surface area contributed by atoms with Gasteiger partial charge in [0.1, 0.15) is 11.6 Å². The van der Waals surface area contributed by atoms with Crippen LogP contribution in [0, 0.1) is 17.7 Å². The first kappa shape index (κ1) is 22.0. The smallest absolute Gasteiger partial charge is 0.392 e. The number of piperidine rings is 1. The molecule has 0 spiro atoms. The minimum Gasteiger partial charge on any atom is -0.392 e. The van der Waals surface area contributed by atoms with Crippen LogP contribution in [0.4, 0.5) is 22.4 Å².